The highest BCUT2D eigenvalue weighted by Crippen LogP contribution is 2.36. The minimum absolute atomic E-state index is 0.0737. The fraction of sp³-hybridized carbons (Fsp3) is 0.357. The molecule has 2 unspecified atom stereocenters. The number of nitrogens with one attached hydrogen (secondary N) is 2. The van der Waals surface area contributed by atoms with Crippen LogP contribution < -0.4 is 10.1 Å². The van der Waals surface area contributed by atoms with Crippen molar-refractivity contribution >= 4 is 18.0 Å². The van der Waals surface area contributed by atoms with Crippen molar-refractivity contribution in [3.05, 3.63) is 60.0 Å². The summed E-state index contributed by atoms with van der Waals surface area (Å²) >= 11 is 0. The zero-order valence-electron chi connectivity index (χ0n) is 22.5. The van der Waals surface area contributed by atoms with Crippen LogP contribution in [0, 0.1) is 5.92 Å². The number of carbonyl (C=O) groups excluding carboxylic acids is 2. The van der Waals surface area contributed by atoms with Crippen molar-refractivity contribution in [3.8, 4) is 28.1 Å². The lowest BCUT2D eigenvalue weighted by Gasteiger charge is -2.30. The standard InChI is InChI=1S/C28H29F3N4O6/c1-15(2)23(34-27(39)40-3)25(36)35-12-4-5-21(35)24-32-14-20(33-24)17-8-6-16(7-9-17)19-11-10-18(26(37)38)13-22(19)41-28(29,30)31/h6-11,13-15,21,23H,4-5,12H2,1-3H3,(H,32,33)(H,34,39)(H,37,38). The van der Waals surface area contributed by atoms with E-state index < -0.39 is 30.2 Å². The van der Waals surface area contributed by atoms with Crippen LogP contribution in [0.25, 0.3) is 22.4 Å². The van der Waals surface area contributed by atoms with Crippen LogP contribution in [0.15, 0.2) is 48.7 Å². The molecule has 2 atom stereocenters. The molecule has 2 amide bonds. The molecular weight excluding hydrogens is 545 g/mol. The van der Waals surface area contributed by atoms with E-state index in [1.807, 2.05) is 13.8 Å². The summed E-state index contributed by atoms with van der Waals surface area (Å²) in [5.41, 5.74) is 1.44. The van der Waals surface area contributed by atoms with Gasteiger partial charge in [0.05, 0.1) is 30.6 Å². The molecular formula is C28H29F3N4O6. The number of methoxy groups -OCH3 is 1. The van der Waals surface area contributed by atoms with Gasteiger partial charge >= 0.3 is 18.4 Å². The summed E-state index contributed by atoms with van der Waals surface area (Å²) in [6.45, 7) is 4.16. The molecule has 0 bridgehead atoms. The number of carboxylic acids is 1. The van der Waals surface area contributed by atoms with Crippen molar-refractivity contribution in [1.29, 1.82) is 0 Å². The number of nitrogens with zero attached hydrogens (tertiary/aromatic N) is 2. The second-order valence-electron chi connectivity index (χ2n) is 9.87. The number of rotatable bonds is 8. The smallest absolute Gasteiger partial charge is 0.478 e. The number of likely N-dealkylation sites (tertiary alicyclic amines) is 1. The predicted molar refractivity (Wildman–Crippen MR) is 141 cm³/mol. The lowest BCUT2D eigenvalue weighted by Crippen LogP contribution is -2.51. The molecule has 0 radical (unpaired) electrons. The lowest BCUT2D eigenvalue weighted by molar-refractivity contribution is -0.274. The minimum atomic E-state index is -5.00. The van der Waals surface area contributed by atoms with Crippen molar-refractivity contribution in [1.82, 2.24) is 20.2 Å². The van der Waals surface area contributed by atoms with Crippen molar-refractivity contribution in [2.75, 3.05) is 13.7 Å². The summed E-state index contributed by atoms with van der Waals surface area (Å²) in [7, 11) is 1.23. The molecule has 1 aromatic heterocycles. The van der Waals surface area contributed by atoms with Gasteiger partial charge in [0.2, 0.25) is 5.91 Å². The number of carbonyl (C=O) groups is 3. The van der Waals surface area contributed by atoms with Gasteiger partial charge in [-0.05, 0) is 48.1 Å². The minimum Gasteiger partial charge on any atom is -0.478 e. The van der Waals surface area contributed by atoms with E-state index in [-0.39, 0.29) is 29.0 Å². The normalized spacial score (nSPS) is 16.0. The monoisotopic (exact) mass is 574 g/mol. The fourth-order valence-electron chi connectivity index (χ4n) is 4.78. The van der Waals surface area contributed by atoms with Crippen LogP contribution in [0.3, 0.4) is 0 Å². The van der Waals surface area contributed by atoms with E-state index >= 15 is 0 Å². The Morgan fingerprint density at radius 1 is 1.12 bits per heavy atom. The molecule has 2 heterocycles. The summed E-state index contributed by atoms with van der Waals surface area (Å²) in [5.74, 6) is -1.84. The molecule has 4 rings (SSSR count). The van der Waals surface area contributed by atoms with E-state index in [4.69, 9.17) is 5.11 Å². The number of hydrogen-bond donors (Lipinski definition) is 3. The fourth-order valence-corrected chi connectivity index (χ4v) is 4.78. The number of H-pyrrole nitrogens is 1. The molecule has 3 N–H and O–H groups in total. The van der Waals surface area contributed by atoms with Crippen LogP contribution in [0.2, 0.25) is 0 Å². The number of alkyl carbamates (subject to hydrolysis) is 1. The quantitative estimate of drug-likeness (QED) is 0.329. The van der Waals surface area contributed by atoms with Crippen LogP contribution in [-0.4, -0.2) is 64.0 Å². The average molecular weight is 575 g/mol. The number of halogens is 3. The zero-order valence-corrected chi connectivity index (χ0v) is 22.5. The number of aromatic amines is 1. The molecule has 0 aliphatic carbocycles. The number of imidazole rings is 1. The zero-order chi connectivity index (χ0) is 29.9. The van der Waals surface area contributed by atoms with Gasteiger partial charge in [-0.3, -0.25) is 4.79 Å². The molecule has 13 heteroatoms. The number of aromatic carboxylic acids is 1. The lowest BCUT2D eigenvalue weighted by atomic mass is 10.0. The van der Waals surface area contributed by atoms with Gasteiger partial charge < -0.3 is 29.8 Å². The first-order chi connectivity index (χ1) is 19.4. The SMILES string of the molecule is COC(=O)NC(C(=O)N1CCCC1c1ncc(-c2ccc(-c3ccc(C(=O)O)cc3OC(F)(F)F)cc2)[nH]1)C(C)C. The first-order valence-corrected chi connectivity index (χ1v) is 12.8. The van der Waals surface area contributed by atoms with Crippen LogP contribution in [0.1, 0.15) is 48.9 Å². The van der Waals surface area contributed by atoms with Crippen LogP contribution >= 0.6 is 0 Å². The number of carboxylic acid groups (broad SMARTS) is 1. The summed E-state index contributed by atoms with van der Waals surface area (Å²) in [4.78, 5) is 45.8. The van der Waals surface area contributed by atoms with Gasteiger partial charge in [-0.2, -0.15) is 0 Å². The highest BCUT2D eigenvalue weighted by molar-refractivity contribution is 5.90. The van der Waals surface area contributed by atoms with Gasteiger partial charge in [-0.25, -0.2) is 14.6 Å². The number of benzene rings is 2. The number of aromatic nitrogens is 2. The third kappa shape index (κ3) is 6.79. The first kappa shape index (κ1) is 29.4. The predicted octanol–water partition coefficient (Wildman–Crippen LogP) is 5.38. The maximum Gasteiger partial charge on any atom is 0.573 e. The van der Waals surface area contributed by atoms with Crippen molar-refractivity contribution in [3.63, 3.8) is 0 Å². The summed E-state index contributed by atoms with van der Waals surface area (Å²) in [5, 5.41) is 11.8. The Morgan fingerprint density at radius 2 is 1.80 bits per heavy atom. The second kappa shape index (κ2) is 11.9. The molecule has 1 saturated heterocycles. The summed E-state index contributed by atoms with van der Waals surface area (Å²) in [6.07, 6.45) is -2.65. The van der Waals surface area contributed by atoms with Crippen molar-refractivity contribution in [2.45, 2.75) is 45.1 Å². The Bertz CT molecular complexity index is 1420. The van der Waals surface area contributed by atoms with Gasteiger partial charge in [-0.1, -0.05) is 38.1 Å². The second-order valence-corrected chi connectivity index (χ2v) is 9.87. The number of hydrogen-bond acceptors (Lipinski definition) is 6. The highest BCUT2D eigenvalue weighted by Gasteiger charge is 2.37. The van der Waals surface area contributed by atoms with Gasteiger partial charge in [0.1, 0.15) is 17.6 Å². The Hall–Kier alpha value is -4.55. The molecule has 218 valence electrons. The Balaban J connectivity index is 1.56. The molecule has 41 heavy (non-hydrogen) atoms. The molecule has 2 aromatic carbocycles. The third-order valence-corrected chi connectivity index (χ3v) is 6.80. The maximum atomic E-state index is 13.3. The van der Waals surface area contributed by atoms with E-state index in [0.29, 0.717) is 35.6 Å². The molecule has 0 saturated carbocycles. The molecule has 1 aliphatic heterocycles. The van der Waals surface area contributed by atoms with E-state index in [0.717, 1.165) is 12.5 Å². The number of amides is 2. The van der Waals surface area contributed by atoms with Gasteiger partial charge in [0.15, 0.2) is 0 Å². The molecule has 10 nitrogen and oxygen atoms in total. The third-order valence-electron chi connectivity index (χ3n) is 6.80. The summed E-state index contributed by atoms with van der Waals surface area (Å²) < 4.78 is 47.7. The van der Waals surface area contributed by atoms with Crippen LogP contribution in [0.4, 0.5) is 18.0 Å². The van der Waals surface area contributed by atoms with E-state index in [2.05, 4.69) is 24.8 Å². The van der Waals surface area contributed by atoms with E-state index in [1.54, 1.807) is 35.4 Å². The largest absolute Gasteiger partial charge is 0.573 e. The average Bonchev–Trinajstić information content (AvgIpc) is 3.60. The Kier molecular flexibility index (Phi) is 8.55. The maximum absolute atomic E-state index is 13.3. The van der Waals surface area contributed by atoms with E-state index in [1.165, 1.54) is 19.2 Å². The summed E-state index contributed by atoms with van der Waals surface area (Å²) in [6, 6.07) is 8.75. The highest BCUT2D eigenvalue weighted by atomic mass is 19.4. The van der Waals surface area contributed by atoms with Crippen LogP contribution in [0.5, 0.6) is 5.75 Å². The van der Waals surface area contributed by atoms with Crippen molar-refractivity contribution in [2.24, 2.45) is 5.92 Å². The molecule has 0 spiro atoms. The van der Waals surface area contributed by atoms with Crippen LogP contribution in [-0.2, 0) is 9.53 Å². The Labute approximate surface area is 233 Å². The number of ether oxygens (including phenoxy) is 2. The first-order valence-electron chi connectivity index (χ1n) is 12.8. The molecule has 1 aliphatic rings. The van der Waals surface area contributed by atoms with Gasteiger partial charge in [-0.15, -0.1) is 13.2 Å². The van der Waals surface area contributed by atoms with E-state index in [9.17, 15) is 27.6 Å². The van der Waals surface area contributed by atoms with Gasteiger partial charge in [0, 0.05) is 12.1 Å². The van der Waals surface area contributed by atoms with Gasteiger partial charge in [0.25, 0.3) is 0 Å². The number of alkyl halides is 3. The molecule has 1 fully saturated rings. The topological polar surface area (TPSA) is 134 Å². The Morgan fingerprint density at radius 3 is 2.41 bits per heavy atom. The van der Waals surface area contributed by atoms with Crippen molar-refractivity contribution < 1.29 is 42.1 Å². The molecule has 3 aromatic rings.